The quantitative estimate of drug-likeness (QED) is 0.768. The fourth-order valence-electron chi connectivity index (χ4n) is 3.83. The van der Waals surface area contributed by atoms with Crippen LogP contribution in [0, 0.1) is 20.8 Å². The van der Waals surface area contributed by atoms with Gasteiger partial charge in [0.15, 0.2) is 0 Å². The number of nitrogens with zero attached hydrogens (tertiary/aromatic N) is 2. The normalized spacial score (nSPS) is 15.8. The highest BCUT2D eigenvalue weighted by Gasteiger charge is 2.29. The molecule has 6 nitrogen and oxygen atoms in total. The number of aryl methyl sites for hydroxylation is 3. The summed E-state index contributed by atoms with van der Waals surface area (Å²) in [5, 5.41) is 0. The van der Waals surface area contributed by atoms with E-state index in [9.17, 15) is 13.2 Å². The highest BCUT2D eigenvalue weighted by Crippen LogP contribution is 2.28. The van der Waals surface area contributed by atoms with Crippen LogP contribution >= 0.6 is 0 Å². The van der Waals surface area contributed by atoms with Crippen molar-refractivity contribution in [2.24, 2.45) is 0 Å². The van der Waals surface area contributed by atoms with Crippen LogP contribution in [-0.4, -0.2) is 56.8 Å². The number of methoxy groups -OCH3 is 1. The summed E-state index contributed by atoms with van der Waals surface area (Å²) in [6.45, 7) is 7.23. The van der Waals surface area contributed by atoms with Crippen LogP contribution in [-0.2, 0) is 10.0 Å². The average molecular weight is 417 g/mol. The molecule has 0 spiro atoms. The Hall–Kier alpha value is -2.38. The van der Waals surface area contributed by atoms with E-state index in [2.05, 4.69) is 0 Å². The third kappa shape index (κ3) is 4.46. The molecule has 1 aliphatic rings. The smallest absolute Gasteiger partial charge is 0.253 e. The first-order valence-electron chi connectivity index (χ1n) is 9.75. The molecule has 0 atom stereocenters. The predicted octanol–water partition coefficient (Wildman–Crippen LogP) is 3.16. The van der Waals surface area contributed by atoms with E-state index in [0.717, 1.165) is 16.7 Å². The van der Waals surface area contributed by atoms with Gasteiger partial charge in [-0.3, -0.25) is 4.79 Å². The van der Waals surface area contributed by atoms with Crippen LogP contribution in [0.4, 0.5) is 0 Å². The summed E-state index contributed by atoms with van der Waals surface area (Å²) in [4.78, 5) is 14.8. The summed E-state index contributed by atoms with van der Waals surface area (Å²) in [6, 6.07) is 10.8. The van der Waals surface area contributed by atoms with E-state index in [4.69, 9.17) is 4.74 Å². The van der Waals surface area contributed by atoms with Gasteiger partial charge in [0.1, 0.15) is 5.75 Å². The molecule has 1 aliphatic heterocycles. The molecule has 156 valence electrons. The molecule has 1 amide bonds. The van der Waals surface area contributed by atoms with Gasteiger partial charge in [-0.05, 0) is 62.6 Å². The molecule has 0 radical (unpaired) electrons. The van der Waals surface area contributed by atoms with Crippen LogP contribution in [0.3, 0.4) is 0 Å². The van der Waals surface area contributed by atoms with Crippen molar-refractivity contribution < 1.29 is 17.9 Å². The first-order chi connectivity index (χ1) is 13.7. The number of carbonyl (C=O) groups excluding carboxylic acids is 1. The molecule has 29 heavy (non-hydrogen) atoms. The second kappa shape index (κ2) is 8.55. The van der Waals surface area contributed by atoms with Gasteiger partial charge in [0, 0.05) is 31.7 Å². The lowest BCUT2D eigenvalue weighted by molar-refractivity contribution is 0.0764. The highest BCUT2D eigenvalue weighted by molar-refractivity contribution is 7.89. The van der Waals surface area contributed by atoms with Gasteiger partial charge in [0.25, 0.3) is 5.91 Å². The molecule has 0 aromatic heterocycles. The zero-order chi connectivity index (χ0) is 21.2. The molecular weight excluding hydrogens is 388 g/mol. The minimum Gasteiger partial charge on any atom is -0.496 e. The fourth-order valence-corrected chi connectivity index (χ4v) is 5.47. The van der Waals surface area contributed by atoms with Crippen molar-refractivity contribution in [2.75, 3.05) is 33.3 Å². The predicted molar refractivity (Wildman–Crippen MR) is 113 cm³/mol. The van der Waals surface area contributed by atoms with E-state index in [1.807, 2.05) is 39.0 Å². The summed E-state index contributed by atoms with van der Waals surface area (Å²) in [5.74, 6) is 0.652. The lowest BCUT2D eigenvalue weighted by Crippen LogP contribution is -2.37. The molecule has 1 heterocycles. The zero-order valence-corrected chi connectivity index (χ0v) is 18.3. The number of carbonyl (C=O) groups is 1. The molecule has 2 aromatic carbocycles. The van der Waals surface area contributed by atoms with E-state index in [-0.39, 0.29) is 17.3 Å². The van der Waals surface area contributed by atoms with E-state index in [1.165, 1.54) is 4.31 Å². The molecule has 0 aliphatic carbocycles. The van der Waals surface area contributed by atoms with Crippen LogP contribution < -0.4 is 4.74 Å². The van der Waals surface area contributed by atoms with Crippen LogP contribution in [0.25, 0.3) is 0 Å². The maximum Gasteiger partial charge on any atom is 0.253 e. The summed E-state index contributed by atoms with van der Waals surface area (Å²) in [7, 11) is -2.05. The monoisotopic (exact) mass is 416 g/mol. The third-order valence-electron chi connectivity index (χ3n) is 5.28. The number of amides is 1. The molecule has 3 rings (SSSR count). The topological polar surface area (TPSA) is 66.9 Å². The maximum absolute atomic E-state index is 13.2. The molecule has 0 N–H and O–H groups in total. The van der Waals surface area contributed by atoms with Gasteiger partial charge in [-0.25, -0.2) is 8.42 Å². The van der Waals surface area contributed by atoms with Crippen molar-refractivity contribution in [3.05, 3.63) is 58.7 Å². The highest BCUT2D eigenvalue weighted by atomic mass is 32.2. The summed E-state index contributed by atoms with van der Waals surface area (Å²) >= 11 is 0. The van der Waals surface area contributed by atoms with Gasteiger partial charge in [0.2, 0.25) is 10.0 Å². The van der Waals surface area contributed by atoms with Gasteiger partial charge >= 0.3 is 0 Å². The summed E-state index contributed by atoms with van der Waals surface area (Å²) in [5.41, 5.74) is 3.25. The molecule has 0 saturated carbocycles. The second-order valence-electron chi connectivity index (χ2n) is 7.51. The Bertz CT molecular complexity index is 994. The number of ether oxygens (including phenoxy) is 1. The van der Waals surface area contributed by atoms with Gasteiger partial charge in [0.05, 0.1) is 12.0 Å². The summed E-state index contributed by atoms with van der Waals surface area (Å²) < 4.78 is 33.3. The molecule has 0 bridgehead atoms. The Morgan fingerprint density at radius 2 is 1.66 bits per heavy atom. The number of hydrogen-bond donors (Lipinski definition) is 0. The van der Waals surface area contributed by atoms with E-state index < -0.39 is 10.0 Å². The molecular formula is C22H28N2O4S. The van der Waals surface area contributed by atoms with Crippen molar-refractivity contribution in [2.45, 2.75) is 32.1 Å². The number of sulfonamides is 1. The van der Waals surface area contributed by atoms with Crippen LogP contribution in [0.15, 0.2) is 41.3 Å². The maximum atomic E-state index is 13.2. The van der Waals surface area contributed by atoms with E-state index in [0.29, 0.717) is 37.4 Å². The van der Waals surface area contributed by atoms with Gasteiger partial charge in [-0.2, -0.15) is 4.31 Å². The van der Waals surface area contributed by atoms with Crippen LogP contribution in [0.2, 0.25) is 0 Å². The van der Waals surface area contributed by atoms with Crippen molar-refractivity contribution in [3.8, 4) is 5.75 Å². The number of hydrogen-bond acceptors (Lipinski definition) is 4. The molecule has 7 heteroatoms. The number of rotatable bonds is 4. The fraction of sp³-hybridized carbons (Fsp3) is 0.409. The largest absolute Gasteiger partial charge is 0.496 e. The first-order valence-corrected chi connectivity index (χ1v) is 11.2. The van der Waals surface area contributed by atoms with Crippen LogP contribution in [0.5, 0.6) is 5.75 Å². The lowest BCUT2D eigenvalue weighted by atomic mass is 10.1. The Morgan fingerprint density at radius 3 is 2.28 bits per heavy atom. The Kier molecular flexibility index (Phi) is 6.29. The molecule has 2 aromatic rings. The third-order valence-corrected chi connectivity index (χ3v) is 7.16. The summed E-state index contributed by atoms with van der Waals surface area (Å²) in [6.07, 6.45) is 0.602. The Labute approximate surface area is 173 Å². The SMILES string of the molecule is COc1c(C)cc(S(=O)(=O)N2CCCN(C(=O)c3cccc(C)c3)CC2)cc1C. The van der Waals surface area contributed by atoms with E-state index >= 15 is 0 Å². The number of benzene rings is 2. The van der Waals surface area contributed by atoms with Gasteiger partial charge < -0.3 is 9.64 Å². The van der Waals surface area contributed by atoms with Crippen molar-refractivity contribution >= 4 is 15.9 Å². The zero-order valence-electron chi connectivity index (χ0n) is 17.4. The molecule has 1 fully saturated rings. The minimum absolute atomic E-state index is 0.0518. The lowest BCUT2D eigenvalue weighted by Gasteiger charge is -2.23. The minimum atomic E-state index is -3.64. The van der Waals surface area contributed by atoms with Gasteiger partial charge in [-0.15, -0.1) is 0 Å². The van der Waals surface area contributed by atoms with Crippen molar-refractivity contribution in [1.82, 2.24) is 9.21 Å². The molecule has 0 unspecified atom stereocenters. The van der Waals surface area contributed by atoms with Gasteiger partial charge in [-0.1, -0.05) is 17.7 Å². The standard InChI is InChI=1S/C22H28N2O4S/c1-16-7-5-8-19(13-16)22(25)23-9-6-10-24(12-11-23)29(26,27)20-14-17(2)21(28-4)18(3)15-20/h5,7-8,13-15H,6,9-12H2,1-4H3. The van der Waals surface area contributed by atoms with E-state index in [1.54, 1.807) is 30.2 Å². The van der Waals surface area contributed by atoms with Crippen LogP contribution in [0.1, 0.15) is 33.5 Å². The van der Waals surface area contributed by atoms with Crippen molar-refractivity contribution in [1.29, 1.82) is 0 Å². The first kappa shape index (κ1) is 21.3. The molecule has 1 saturated heterocycles. The Morgan fingerprint density at radius 1 is 0.966 bits per heavy atom. The Balaban J connectivity index is 1.79. The average Bonchev–Trinajstić information content (AvgIpc) is 2.94. The second-order valence-corrected chi connectivity index (χ2v) is 9.45. The van der Waals surface area contributed by atoms with Crippen molar-refractivity contribution in [3.63, 3.8) is 0 Å².